The van der Waals surface area contributed by atoms with Gasteiger partial charge in [0.1, 0.15) is 5.82 Å². The van der Waals surface area contributed by atoms with Gasteiger partial charge in [0.05, 0.1) is 11.9 Å². The minimum Gasteiger partial charge on any atom is -0.417 e. The average Bonchev–Trinajstić information content (AvgIpc) is 3.76. The molecule has 3 aliphatic rings. The molecule has 0 atom stereocenters. The molecule has 2 aliphatic heterocycles. The van der Waals surface area contributed by atoms with Crippen LogP contribution < -0.4 is 15.1 Å². The van der Waals surface area contributed by atoms with Crippen LogP contribution in [0.4, 0.5) is 30.7 Å². The minimum atomic E-state index is -4.86. The number of alkyl halides is 3. The summed E-state index contributed by atoms with van der Waals surface area (Å²) in [6.07, 6.45) is 1.74. The molecule has 0 spiro atoms. The van der Waals surface area contributed by atoms with E-state index >= 15 is 0 Å². The van der Waals surface area contributed by atoms with E-state index in [2.05, 4.69) is 32.3 Å². The lowest BCUT2D eigenvalue weighted by Gasteiger charge is -2.31. The van der Waals surface area contributed by atoms with Crippen molar-refractivity contribution in [3.05, 3.63) is 65.7 Å². The smallest absolute Gasteiger partial charge is 0.417 e. The summed E-state index contributed by atoms with van der Waals surface area (Å²) in [5.74, 6) is -0.188. The summed E-state index contributed by atoms with van der Waals surface area (Å²) >= 11 is 0. The van der Waals surface area contributed by atoms with Crippen molar-refractivity contribution < 1.29 is 27.2 Å². The molecular weight excluding hydrogens is 561 g/mol. The lowest BCUT2D eigenvalue weighted by atomic mass is 9.90. The molecular formula is C31H35F3N6O3. The normalized spacial score (nSPS) is 18.4. The number of hydrogen-bond acceptors (Lipinski definition) is 7. The molecule has 2 amide bonds. The Morgan fingerprint density at radius 2 is 1.67 bits per heavy atom. The number of halogens is 3. The summed E-state index contributed by atoms with van der Waals surface area (Å²) in [4.78, 5) is 39.3. The van der Waals surface area contributed by atoms with Crippen LogP contribution in [-0.2, 0) is 11.0 Å². The van der Waals surface area contributed by atoms with Gasteiger partial charge in [-0.05, 0) is 61.6 Å². The van der Waals surface area contributed by atoms with Crippen molar-refractivity contribution in [3.63, 3.8) is 0 Å². The molecule has 1 aliphatic carbocycles. The van der Waals surface area contributed by atoms with Gasteiger partial charge in [-0.25, -0.2) is 4.98 Å². The number of aromatic nitrogens is 2. The van der Waals surface area contributed by atoms with E-state index in [1.54, 1.807) is 17.0 Å². The fourth-order valence-electron chi connectivity index (χ4n) is 5.85. The van der Waals surface area contributed by atoms with Crippen molar-refractivity contribution in [1.82, 2.24) is 14.9 Å². The second-order valence-corrected chi connectivity index (χ2v) is 11.6. The molecule has 2 aromatic heterocycles. The van der Waals surface area contributed by atoms with Crippen LogP contribution >= 0.6 is 0 Å². The number of benzene rings is 1. The van der Waals surface area contributed by atoms with Crippen LogP contribution in [0.3, 0.4) is 0 Å². The van der Waals surface area contributed by atoms with Gasteiger partial charge in [-0.15, -0.1) is 0 Å². The van der Waals surface area contributed by atoms with Crippen LogP contribution in [0.15, 0.2) is 53.1 Å². The Morgan fingerprint density at radius 3 is 2.35 bits per heavy atom. The molecule has 6 rings (SSSR count). The van der Waals surface area contributed by atoms with Crippen LogP contribution in [0.2, 0.25) is 0 Å². The van der Waals surface area contributed by atoms with Gasteiger partial charge in [0.15, 0.2) is 5.69 Å². The summed E-state index contributed by atoms with van der Waals surface area (Å²) in [5, 5.41) is 2.48. The molecule has 3 aromatic rings. The van der Waals surface area contributed by atoms with Crippen LogP contribution in [0.1, 0.15) is 66.3 Å². The summed E-state index contributed by atoms with van der Waals surface area (Å²) < 4.78 is 47.1. The van der Waals surface area contributed by atoms with Gasteiger partial charge < -0.3 is 24.4 Å². The first kappa shape index (κ1) is 29.0. The lowest BCUT2D eigenvalue weighted by molar-refractivity contribution is -0.141. The second kappa shape index (κ2) is 12.3. The highest BCUT2D eigenvalue weighted by Crippen LogP contribution is 2.37. The number of amides is 2. The van der Waals surface area contributed by atoms with Crippen LogP contribution in [0.25, 0.3) is 0 Å². The highest BCUT2D eigenvalue weighted by Gasteiger charge is 2.42. The number of anilines is 3. The molecule has 0 unspecified atom stereocenters. The van der Waals surface area contributed by atoms with E-state index in [1.165, 1.54) is 11.8 Å². The maximum absolute atomic E-state index is 13.9. The van der Waals surface area contributed by atoms with Gasteiger partial charge in [0, 0.05) is 45.7 Å². The lowest BCUT2D eigenvalue weighted by Crippen LogP contribution is -2.35. The Bertz CT molecular complexity index is 1420. The minimum absolute atomic E-state index is 0.205. The zero-order chi connectivity index (χ0) is 30.0. The summed E-state index contributed by atoms with van der Waals surface area (Å²) in [7, 11) is 0. The summed E-state index contributed by atoms with van der Waals surface area (Å²) in [6, 6.07) is 13.1. The van der Waals surface area contributed by atoms with Crippen LogP contribution in [-0.4, -0.2) is 66.0 Å². The maximum Gasteiger partial charge on any atom is 0.437 e. The van der Waals surface area contributed by atoms with Gasteiger partial charge in [-0.2, -0.15) is 18.2 Å². The largest absolute Gasteiger partial charge is 0.437 e. The SMILES string of the molecule is O=C(Nc1ccc(N2CCCN(C(=O)CC3CC3)CC2)nc1)c1oc(N2CCC(c3ccccc3)CC2)nc1C(F)(F)F. The van der Waals surface area contributed by atoms with E-state index < -0.39 is 23.5 Å². The number of rotatable bonds is 7. The molecule has 12 heteroatoms. The number of piperidine rings is 1. The van der Waals surface area contributed by atoms with E-state index in [4.69, 9.17) is 4.42 Å². The summed E-state index contributed by atoms with van der Waals surface area (Å²) in [6.45, 7) is 3.61. The fourth-order valence-corrected chi connectivity index (χ4v) is 5.85. The monoisotopic (exact) mass is 596 g/mol. The Balaban J connectivity index is 1.08. The molecule has 4 heterocycles. The summed E-state index contributed by atoms with van der Waals surface area (Å²) in [5.41, 5.74) is 0.0849. The number of pyridine rings is 1. The number of carbonyl (C=O) groups excluding carboxylic acids is 2. The Kier molecular flexibility index (Phi) is 8.27. The van der Waals surface area contributed by atoms with Gasteiger partial charge in [0.2, 0.25) is 11.7 Å². The number of oxazole rings is 1. The first-order valence-electron chi connectivity index (χ1n) is 14.9. The van der Waals surface area contributed by atoms with Gasteiger partial charge in [0.25, 0.3) is 11.9 Å². The van der Waals surface area contributed by atoms with Crippen molar-refractivity contribution >= 4 is 29.3 Å². The van der Waals surface area contributed by atoms with E-state index in [1.807, 2.05) is 23.1 Å². The zero-order valence-corrected chi connectivity index (χ0v) is 23.9. The Hall–Kier alpha value is -4.09. The molecule has 3 fully saturated rings. The van der Waals surface area contributed by atoms with Crippen molar-refractivity contribution in [2.75, 3.05) is 54.4 Å². The molecule has 1 N–H and O–H groups in total. The predicted molar refractivity (Wildman–Crippen MR) is 155 cm³/mol. The molecule has 43 heavy (non-hydrogen) atoms. The van der Waals surface area contributed by atoms with Crippen LogP contribution in [0, 0.1) is 5.92 Å². The van der Waals surface area contributed by atoms with E-state index in [-0.39, 0.29) is 17.6 Å². The quantitative estimate of drug-likeness (QED) is 0.382. The molecule has 0 bridgehead atoms. The molecule has 9 nitrogen and oxygen atoms in total. The van der Waals surface area contributed by atoms with Gasteiger partial charge in [-0.1, -0.05) is 30.3 Å². The highest BCUT2D eigenvalue weighted by atomic mass is 19.4. The standard InChI is InChI=1S/C31H35F3N6O3/c32-31(33,34)28-27(43-30(37-28)40-15-11-23(12-16-40)22-5-2-1-3-6-22)29(42)36-24-9-10-25(35-20-24)38-13-4-14-39(18-17-38)26(41)19-21-7-8-21/h1-3,5-6,9-10,20-21,23H,4,7-8,11-19H2,(H,36,42). The molecule has 0 radical (unpaired) electrons. The number of nitrogens with zero attached hydrogens (tertiary/aromatic N) is 5. The third-order valence-corrected chi connectivity index (χ3v) is 8.47. The predicted octanol–water partition coefficient (Wildman–Crippen LogP) is 5.56. The van der Waals surface area contributed by atoms with Crippen LogP contribution in [0.5, 0.6) is 0 Å². The van der Waals surface area contributed by atoms with Gasteiger partial charge in [-0.3, -0.25) is 9.59 Å². The molecule has 2 saturated heterocycles. The van der Waals surface area contributed by atoms with Crippen molar-refractivity contribution in [1.29, 1.82) is 0 Å². The Morgan fingerprint density at radius 1 is 0.907 bits per heavy atom. The Labute approximate surface area is 248 Å². The first-order chi connectivity index (χ1) is 20.7. The third-order valence-electron chi connectivity index (χ3n) is 8.47. The fraction of sp³-hybridized carbons (Fsp3) is 0.484. The second-order valence-electron chi connectivity index (χ2n) is 11.6. The van der Waals surface area contributed by atoms with Crippen molar-refractivity contribution in [3.8, 4) is 0 Å². The number of hydrogen-bond donors (Lipinski definition) is 1. The molecule has 1 saturated carbocycles. The van der Waals surface area contributed by atoms with Crippen molar-refractivity contribution in [2.24, 2.45) is 5.92 Å². The topological polar surface area (TPSA) is 94.8 Å². The maximum atomic E-state index is 13.9. The first-order valence-corrected chi connectivity index (χ1v) is 14.9. The van der Waals surface area contributed by atoms with E-state index in [0.29, 0.717) is 56.8 Å². The number of carbonyl (C=O) groups is 2. The molecule has 1 aromatic carbocycles. The molecule has 228 valence electrons. The third kappa shape index (κ3) is 6.94. The number of nitrogens with one attached hydrogen (secondary N) is 1. The highest BCUT2D eigenvalue weighted by molar-refractivity contribution is 6.03. The average molecular weight is 597 g/mol. The zero-order valence-electron chi connectivity index (χ0n) is 23.9. The van der Waals surface area contributed by atoms with E-state index in [0.717, 1.165) is 38.6 Å². The van der Waals surface area contributed by atoms with E-state index in [9.17, 15) is 22.8 Å². The van der Waals surface area contributed by atoms with Crippen molar-refractivity contribution in [2.45, 2.75) is 50.6 Å². The van der Waals surface area contributed by atoms with Gasteiger partial charge >= 0.3 is 6.18 Å².